The third-order valence-electron chi connectivity index (χ3n) is 5.66. The molecule has 168 valence electrons. The van der Waals surface area contributed by atoms with E-state index in [2.05, 4.69) is 0 Å². The van der Waals surface area contributed by atoms with Crippen LogP contribution in [0, 0.1) is 6.92 Å². The number of para-hydroxylation sites is 1. The molecule has 4 rings (SSSR count). The zero-order valence-corrected chi connectivity index (χ0v) is 19.1. The number of aryl methyl sites for hydroxylation is 1. The van der Waals surface area contributed by atoms with Gasteiger partial charge in [0, 0.05) is 11.8 Å². The minimum Gasteiger partial charge on any atom is -0.507 e. The highest BCUT2D eigenvalue weighted by Crippen LogP contribution is 2.45. The Bertz CT molecular complexity index is 1270. The maximum atomic E-state index is 13.3. The number of aliphatic hydroxyl groups excluding tert-OH is 1. The summed E-state index contributed by atoms with van der Waals surface area (Å²) in [5.41, 5.74) is 2.25. The van der Waals surface area contributed by atoms with Crippen LogP contribution in [-0.2, 0) is 9.59 Å². The van der Waals surface area contributed by atoms with Crippen LogP contribution in [-0.4, -0.2) is 31.0 Å². The molecule has 0 aromatic heterocycles. The molecule has 33 heavy (non-hydrogen) atoms. The van der Waals surface area contributed by atoms with E-state index in [4.69, 9.17) is 21.1 Å². The molecule has 1 aliphatic heterocycles. The van der Waals surface area contributed by atoms with Gasteiger partial charge in [-0.1, -0.05) is 60.1 Å². The normalized spacial score (nSPS) is 17.3. The molecule has 1 aliphatic rings. The van der Waals surface area contributed by atoms with Gasteiger partial charge < -0.3 is 14.6 Å². The fourth-order valence-corrected chi connectivity index (χ4v) is 4.29. The molecule has 0 radical (unpaired) electrons. The van der Waals surface area contributed by atoms with Crippen LogP contribution in [0.15, 0.2) is 72.3 Å². The Morgan fingerprint density at radius 2 is 1.58 bits per heavy atom. The second kappa shape index (κ2) is 9.00. The molecule has 0 spiro atoms. The van der Waals surface area contributed by atoms with Gasteiger partial charge >= 0.3 is 0 Å². The molecule has 0 bridgehead atoms. The van der Waals surface area contributed by atoms with Gasteiger partial charge in [0.15, 0.2) is 0 Å². The molecule has 6 nitrogen and oxygen atoms in total. The lowest BCUT2D eigenvalue weighted by atomic mass is 9.94. The van der Waals surface area contributed by atoms with Gasteiger partial charge in [0.25, 0.3) is 11.7 Å². The van der Waals surface area contributed by atoms with Crippen LogP contribution in [0.1, 0.15) is 22.7 Å². The number of halogens is 1. The number of rotatable bonds is 5. The van der Waals surface area contributed by atoms with Crippen LogP contribution in [0.3, 0.4) is 0 Å². The van der Waals surface area contributed by atoms with Crippen molar-refractivity contribution in [3.8, 4) is 11.5 Å². The predicted octanol–water partition coefficient (Wildman–Crippen LogP) is 5.29. The summed E-state index contributed by atoms with van der Waals surface area (Å²) in [6.07, 6.45) is 0. The van der Waals surface area contributed by atoms with E-state index in [1.165, 1.54) is 31.3 Å². The lowest BCUT2D eigenvalue weighted by Gasteiger charge is -2.27. The average molecular weight is 464 g/mol. The Kier molecular flexibility index (Phi) is 6.11. The zero-order chi connectivity index (χ0) is 23.7. The number of nitrogens with zero attached hydrogens (tertiary/aromatic N) is 1. The van der Waals surface area contributed by atoms with Crippen molar-refractivity contribution in [1.29, 1.82) is 0 Å². The molecule has 1 atom stereocenters. The number of Topliss-reactive ketones (excluding diaryl/α,β-unsaturated/α-hetero) is 1. The summed E-state index contributed by atoms with van der Waals surface area (Å²) in [4.78, 5) is 28.0. The molecule has 1 amide bonds. The van der Waals surface area contributed by atoms with Crippen LogP contribution in [0.2, 0.25) is 5.02 Å². The van der Waals surface area contributed by atoms with E-state index in [-0.39, 0.29) is 27.7 Å². The van der Waals surface area contributed by atoms with Gasteiger partial charge in [0.2, 0.25) is 0 Å². The monoisotopic (exact) mass is 463 g/mol. The summed E-state index contributed by atoms with van der Waals surface area (Å²) >= 11 is 6.21. The average Bonchev–Trinajstić information content (AvgIpc) is 3.09. The van der Waals surface area contributed by atoms with Gasteiger partial charge in [-0.15, -0.1) is 0 Å². The van der Waals surface area contributed by atoms with E-state index in [9.17, 15) is 14.7 Å². The van der Waals surface area contributed by atoms with Crippen molar-refractivity contribution in [2.24, 2.45) is 0 Å². The van der Waals surface area contributed by atoms with E-state index >= 15 is 0 Å². The molecular formula is C26H22ClNO5. The van der Waals surface area contributed by atoms with Crippen molar-refractivity contribution in [1.82, 2.24) is 0 Å². The number of ether oxygens (including phenoxy) is 2. The van der Waals surface area contributed by atoms with Crippen molar-refractivity contribution >= 4 is 34.7 Å². The molecule has 0 saturated carbocycles. The largest absolute Gasteiger partial charge is 0.507 e. The summed E-state index contributed by atoms with van der Waals surface area (Å²) in [7, 11) is 2.87. The number of aliphatic hydroxyl groups is 1. The smallest absolute Gasteiger partial charge is 0.300 e. The van der Waals surface area contributed by atoms with Crippen LogP contribution in [0.25, 0.3) is 5.76 Å². The zero-order valence-electron chi connectivity index (χ0n) is 18.3. The first-order valence-electron chi connectivity index (χ1n) is 10.2. The number of benzene rings is 3. The standard InChI is InChI=1S/C26H22ClNO5/c1-15-9-7-8-12-19(15)28-23(16-10-5-4-6-11-16)22(25(30)26(28)31)24(29)17-13-21(33-3)18(27)14-20(17)32-2/h4-14,23,29H,1-3H3/b24-22+. The summed E-state index contributed by atoms with van der Waals surface area (Å²) in [6, 6.07) is 18.6. The number of anilines is 1. The number of hydrogen-bond acceptors (Lipinski definition) is 5. The number of ketones is 1. The first kappa shape index (κ1) is 22.4. The van der Waals surface area contributed by atoms with Gasteiger partial charge in [-0.2, -0.15) is 0 Å². The lowest BCUT2D eigenvalue weighted by Crippen LogP contribution is -2.30. The van der Waals surface area contributed by atoms with E-state index in [1.807, 2.05) is 49.4 Å². The molecule has 1 heterocycles. The molecule has 1 saturated heterocycles. The lowest BCUT2D eigenvalue weighted by molar-refractivity contribution is -0.132. The molecule has 1 unspecified atom stereocenters. The van der Waals surface area contributed by atoms with E-state index in [0.29, 0.717) is 17.0 Å². The summed E-state index contributed by atoms with van der Waals surface area (Å²) in [6.45, 7) is 1.86. The molecule has 1 fully saturated rings. The maximum Gasteiger partial charge on any atom is 0.300 e. The van der Waals surface area contributed by atoms with Crippen LogP contribution >= 0.6 is 11.6 Å². The summed E-state index contributed by atoms with van der Waals surface area (Å²) in [5.74, 6) is -1.35. The molecule has 0 aliphatic carbocycles. The number of carbonyl (C=O) groups excluding carboxylic acids is 2. The Labute approximate surface area is 196 Å². The minimum absolute atomic E-state index is 0.0443. The summed E-state index contributed by atoms with van der Waals surface area (Å²) < 4.78 is 10.7. The topological polar surface area (TPSA) is 76.1 Å². The molecular weight excluding hydrogens is 442 g/mol. The molecule has 3 aromatic rings. The number of methoxy groups -OCH3 is 2. The number of carbonyl (C=O) groups is 2. The first-order chi connectivity index (χ1) is 15.9. The third-order valence-corrected chi connectivity index (χ3v) is 5.96. The second-order valence-corrected chi connectivity index (χ2v) is 7.96. The third kappa shape index (κ3) is 3.83. The SMILES string of the molecule is COc1cc(/C(O)=C2\C(=O)C(=O)N(c3ccccc3C)C2c2ccccc2)c(OC)cc1Cl. The Balaban J connectivity index is 2.01. The summed E-state index contributed by atoms with van der Waals surface area (Å²) in [5, 5.41) is 11.7. The number of hydrogen-bond donors (Lipinski definition) is 1. The van der Waals surface area contributed by atoms with E-state index < -0.39 is 17.7 Å². The maximum absolute atomic E-state index is 13.3. The Morgan fingerprint density at radius 3 is 2.21 bits per heavy atom. The number of amides is 1. The molecule has 3 aromatic carbocycles. The van der Waals surface area contributed by atoms with Gasteiger partial charge in [0.05, 0.1) is 36.4 Å². The minimum atomic E-state index is -0.835. The quantitative estimate of drug-likeness (QED) is 0.316. The van der Waals surface area contributed by atoms with Crippen molar-refractivity contribution in [3.63, 3.8) is 0 Å². The highest BCUT2D eigenvalue weighted by Gasteiger charge is 2.47. The molecule has 7 heteroatoms. The van der Waals surface area contributed by atoms with Crippen molar-refractivity contribution < 1.29 is 24.2 Å². The van der Waals surface area contributed by atoms with E-state index in [1.54, 1.807) is 12.1 Å². The van der Waals surface area contributed by atoms with Gasteiger partial charge in [-0.05, 0) is 30.2 Å². The highest BCUT2D eigenvalue weighted by molar-refractivity contribution is 6.51. The van der Waals surface area contributed by atoms with Crippen LogP contribution in [0.5, 0.6) is 11.5 Å². The van der Waals surface area contributed by atoms with Crippen molar-refractivity contribution in [2.75, 3.05) is 19.1 Å². The van der Waals surface area contributed by atoms with Gasteiger partial charge in [-0.25, -0.2) is 0 Å². The first-order valence-corrected chi connectivity index (χ1v) is 10.6. The van der Waals surface area contributed by atoms with Crippen LogP contribution in [0.4, 0.5) is 5.69 Å². The van der Waals surface area contributed by atoms with Crippen molar-refractivity contribution in [2.45, 2.75) is 13.0 Å². The fourth-order valence-electron chi connectivity index (χ4n) is 4.06. The van der Waals surface area contributed by atoms with Crippen molar-refractivity contribution in [3.05, 3.63) is 94.0 Å². The predicted molar refractivity (Wildman–Crippen MR) is 127 cm³/mol. The van der Waals surface area contributed by atoms with Crippen LogP contribution < -0.4 is 14.4 Å². The fraction of sp³-hybridized carbons (Fsp3) is 0.154. The Morgan fingerprint density at radius 1 is 0.939 bits per heavy atom. The Hall–Kier alpha value is -3.77. The highest BCUT2D eigenvalue weighted by atomic mass is 35.5. The van der Waals surface area contributed by atoms with Gasteiger partial charge in [-0.3, -0.25) is 14.5 Å². The van der Waals surface area contributed by atoms with E-state index in [0.717, 1.165) is 5.56 Å². The second-order valence-electron chi connectivity index (χ2n) is 7.55. The molecule has 1 N–H and O–H groups in total. The van der Waals surface area contributed by atoms with Gasteiger partial charge in [0.1, 0.15) is 17.3 Å².